The molecule has 86 valence electrons. The number of halogens is 1. The zero-order chi connectivity index (χ0) is 10.3. The van der Waals surface area contributed by atoms with Crippen LogP contribution in [0.5, 0.6) is 0 Å². The number of hydrogen-bond donors (Lipinski definition) is 0. The van der Waals surface area contributed by atoms with Crippen LogP contribution in [0.3, 0.4) is 0 Å². The number of alkyl halides is 1. The Morgan fingerprint density at radius 1 is 1.27 bits per heavy atom. The maximum atomic E-state index is 6.38. The summed E-state index contributed by atoms with van der Waals surface area (Å²) >= 11 is 6.38. The highest BCUT2D eigenvalue weighted by atomic mass is 35.5. The fraction of sp³-hybridized carbons (Fsp3) is 1.00. The van der Waals surface area contributed by atoms with E-state index in [2.05, 4.69) is 0 Å². The zero-order valence-corrected chi connectivity index (χ0v) is 9.84. The molecular formula is C12H19ClO2. The summed E-state index contributed by atoms with van der Waals surface area (Å²) in [7, 11) is 0. The van der Waals surface area contributed by atoms with Crippen molar-refractivity contribution < 1.29 is 9.47 Å². The molecule has 1 spiro atoms. The van der Waals surface area contributed by atoms with Crippen LogP contribution in [0.15, 0.2) is 0 Å². The molecule has 0 aromatic rings. The van der Waals surface area contributed by atoms with Crippen LogP contribution in [0.2, 0.25) is 0 Å². The van der Waals surface area contributed by atoms with Gasteiger partial charge in [0.1, 0.15) is 0 Å². The Morgan fingerprint density at radius 2 is 2.07 bits per heavy atom. The number of hydrogen-bond acceptors (Lipinski definition) is 2. The molecule has 1 saturated heterocycles. The third kappa shape index (κ3) is 1.62. The van der Waals surface area contributed by atoms with Gasteiger partial charge in [0.25, 0.3) is 0 Å². The van der Waals surface area contributed by atoms with Crippen molar-refractivity contribution in [2.45, 2.75) is 56.1 Å². The summed E-state index contributed by atoms with van der Waals surface area (Å²) in [6, 6.07) is 0. The lowest BCUT2D eigenvalue weighted by atomic mass is 9.64. The van der Waals surface area contributed by atoms with Crippen molar-refractivity contribution in [3.05, 3.63) is 0 Å². The lowest BCUT2D eigenvalue weighted by molar-refractivity contribution is -0.136. The number of ether oxygens (including phenoxy) is 2. The third-order valence-electron chi connectivity index (χ3n) is 4.47. The third-order valence-corrected chi connectivity index (χ3v) is 5.08. The molecular weight excluding hydrogens is 212 g/mol. The lowest BCUT2D eigenvalue weighted by Gasteiger charge is -2.51. The first kappa shape index (κ1) is 10.4. The average Bonchev–Trinajstić information content (AvgIpc) is 2.89. The van der Waals surface area contributed by atoms with E-state index in [9.17, 15) is 0 Å². The van der Waals surface area contributed by atoms with Gasteiger partial charge >= 0.3 is 0 Å². The van der Waals surface area contributed by atoms with E-state index in [-0.39, 0.29) is 0 Å². The molecule has 3 rings (SSSR count). The second kappa shape index (κ2) is 3.90. The predicted octanol–water partition coefficient (Wildman–Crippen LogP) is 2.73. The molecule has 3 fully saturated rings. The fourth-order valence-corrected chi connectivity index (χ4v) is 3.93. The molecule has 0 bridgehead atoms. The van der Waals surface area contributed by atoms with E-state index in [1.165, 1.54) is 25.7 Å². The van der Waals surface area contributed by atoms with Gasteiger partial charge in [0, 0.05) is 17.4 Å². The Kier molecular flexibility index (Phi) is 2.70. The van der Waals surface area contributed by atoms with Crippen molar-refractivity contribution in [3.63, 3.8) is 0 Å². The van der Waals surface area contributed by atoms with E-state index < -0.39 is 0 Å². The van der Waals surface area contributed by atoms with Gasteiger partial charge in [-0.3, -0.25) is 0 Å². The van der Waals surface area contributed by atoms with Gasteiger partial charge in [-0.2, -0.15) is 0 Å². The fourth-order valence-electron chi connectivity index (χ4n) is 3.41. The second-order valence-corrected chi connectivity index (χ2v) is 5.78. The van der Waals surface area contributed by atoms with Crippen LogP contribution in [-0.4, -0.2) is 30.8 Å². The molecule has 0 amide bonds. The van der Waals surface area contributed by atoms with Gasteiger partial charge in [-0.25, -0.2) is 0 Å². The maximum Gasteiger partial charge on any atom is 0.0834 e. The molecule has 2 saturated carbocycles. The van der Waals surface area contributed by atoms with Crippen LogP contribution < -0.4 is 0 Å². The Morgan fingerprint density at radius 3 is 2.67 bits per heavy atom. The van der Waals surface area contributed by atoms with Crippen molar-refractivity contribution in [1.82, 2.24) is 0 Å². The van der Waals surface area contributed by atoms with Gasteiger partial charge in [-0.1, -0.05) is 12.8 Å². The highest BCUT2D eigenvalue weighted by Crippen LogP contribution is 2.57. The molecule has 0 aromatic heterocycles. The van der Waals surface area contributed by atoms with Gasteiger partial charge in [0.05, 0.1) is 18.8 Å². The maximum absolute atomic E-state index is 6.38. The summed E-state index contributed by atoms with van der Waals surface area (Å²) in [6.07, 6.45) is 8.12. The molecule has 2 aliphatic carbocycles. The summed E-state index contributed by atoms with van der Waals surface area (Å²) in [5.74, 6) is 0. The van der Waals surface area contributed by atoms with Crippen molar-refractivity contribution in [3.8, 4) is 0 Å². The van der Waals surface area contributed by atoms with Gasteiger partial charge in [0.15, 0.2) is 0 Å². The van der Waals surface area contributed by atoms with Gasteiger partial charge in [0.2, 0.25) is 0 Å². The first-order valence-corrected chi connectivity index (χ1v) is 6.62. The van der Waals surface area contributed by atoms with E-state index in [1.807, 2.05) is 0 Å². The van der Waals surface area contributed by atoms with E-state index >= 15 is 0 Å². The highest BCUT2D eigenvalue weighted by molar-refractivity contribution is 6.21. The Hall–Kier alpha value is 0.210. The predicted molar refractivity (Wildman–Crippen MR) is 59.3 cm³/mol. The molecule has 15 heavy (non-hydrogen) atoms. The minimum atomic E-state index is 0.337. The van der Waals surface area contributed by atoms with Gasteiger partial charge < -0.3 is 9.47 Å². The summed E-state index contributed by atoms with van der Waals surface area (Å²) in [4.78, 5) is 0. The van der Waals surface area contributed by atoms with E-state index in [4.69, 9.17) is 21.1 Å². The first-order chi connectivity index (χ1) is 7.31. The van der Waals surface area contributed by atoms with E-state index in [1.54, 1.807) is 0 Å². The van der Waals surface area contributed by atoms with Crippen molar-refractivity contribution >= 4 is 11.6 Å². The quantitative estimate of drug-likeness (QED) is 0.680. The van der Waals surface area contributed by atoms with Crippen molar-refractivity contribution in [2.24, 2.45) is 5.41 Å². The minimum Gasteiger partial charge on any atom is -0.379 e. The molecule has 3 unspecified atom stereocenters. The SMILES string of the molecule is ClC1CC(OC2CCOC2)C12CCCC2. The lowest BCUT2D eigenvalue weighted by Crippen LogP contribution is -2.55. The Balaban J connectivity index is 1.62. The standard InChI is InChI=1S/C12H19ClO2/c13-10-7-11(12(10)4-1-2-5-12)15-9-3-6-14-8-9/h9-11H,1-8H2. The summed E-state index contributed by atoms with van der Waals surface area (Å²) in [5.41, 5.74) is 0.337. The minimum absolute atomic E-state index is 0.337. The summed E-state index contributed by atoms with van der Waals surface area (Å²) < 4.78 is 11.5. The van der Waals surface area contributed by atoms with Crippen LogP contribution >= 0.6 is 11.6 Å². The molecule has 0 N–H and O–H groups in total. The normalized spacial score (nSPS) is 43.4. The summed E-state index contributed by atoms with van der Waals surface area (Å²) in [6.45, 7) is 1.66. The van der Waals surface area contributed by atoms with E-state index in [0.29, 0.717) is 23.0 Å². The Bertz CT molecular complexity index is 232. The molecule has 0 aromatic carbocycles. The molecule has 2 nitrogen and oxygen atoms in total. The van der Waals surface area contributed by atoms with Crippen LogP contribution in [-0.2, 0) is 9.47 Å². The topological polar surface area (TPSA) is 18.5 Å². The average molecular weight is 231 g/mol. The molecule has 1 heterocycles. The highest BCUT2D eigenvalue weighted by Gasteiger charge is 2.56. The van der Waals surface area contributed by atoms with Crippen LogP contribution in [0, 0.1) is 5.41 Å². The monoisotopic (exact) mass is 230 g/mol. The smallest absolute Gasteiger partial charge is 0.0834 e. The van der Waals surface area contributed by atoms with Crippen molar-refractivity contribution in [1.29, 1.82) is 0 Å². The zero-order valence-electron chi connectivity index (χ0n) is 9.08. The van der Waals surface area contributed by atoms with Gasteiger partial charge in [-0.05, 0) is 25.7 Å². The number of rotatable bonds is 2. The van der Waals surface area contributed by atoms with Crippen molar-refractivity contribution in [2.75, 3.05) is 13.2 Å². The van der Waals surface area contributed by atoms with Gasteiger partial charge in [-0.15, -0.1) is 11.6 Å². The van der Waals surface area contributed by atoms with Crippen LogP contribution in [0.1, 0.15) is 38.5 Å². The van der Waals surface area contributed by atoms with E-state index in [0.717, 1.165) is 26.1 Å². The molecule has 0 radical (unpaired) electrons. The Labute approximate surface area is 96.3 Å². The van der Waals surface area contributed by atoms with Crippen LogP contribution in [0.25, 0.3) is 0 Å². The molecule has 3 heteroatoms. The largest absolute Gasteiger partial charge is 0.379 e. The molecule has 1 aliphatic heterocycles. The second-order valence-electron chi connectivity index (χ2n) is 5.25. The molecule has 3 aliphatic rings. The first-order valence-electron chi connectivity index (χ1n) is 6.18. The molecule has 3 atom stereocenters. The summed E-state index contributed by atoms with van der Waals surface area (Å²) in [5, 5.41) is 0.368. The van der Waals surface area contributed by atoms with Crippen LogP contribution in [0.4, 0.5) is 0 Å².